The first-order valence-corrected chi connectivity index (χ1v) is 8.90. The van der Waals surface area contributed by atoms with Gasteiger partial charge in [-0.25, -0.2) is 17.5 Å². The Labute approximate surface area is 126 Å². The Balaban J connectivity index is 2.11. The van der Waals surface area contributed by atoms with Crippen LogP contribution in [-0.4, -0.2) is 15.0 Å². The summed E-state index contributed by atoms with van der Waals surface area (Å²) in [4.78, 5) is -0.311. The maximum absolute atomic E-state index is 13.8. The van der Waals surface area contributed by atoms with E-state index in [2.05, 4.69) is 11.6 Å². The highest BCUT2D eigenvalue weighted by molar-refractivity contribution is 7.89. The molecule has 118 valence electrons. The Hall–Kier alpha value is -0.980. The lowest BCUT2D eigenvalue weighted by atomic mass is 9.81. The molecule has 1 aliphatic rings. The molecule has 1 fully saturated rings. The third-order valence-electron chi connectivity index (χ3n) is 4.35. The molecule has 0 aliphatic heterocycles. The number of nitrogens with two attached hydrogens (primary N) is 1. The highest BCUT2D eigenvalue weighted by Crippen LogP contribution is 2.29. The molecule has 0 saturated heterocycles. The number of hydrogen-bond acceptors (Lipinski definition) is 3. The minimum Gasteiger partial charge on any atom is -0.326 e. The summed E-state index contributed by atoms with van der Waals surface area (Å²) in [5, 5.41) is 0. The highest BCUT2D eigenvalue weighted by atomic mass is 32.2. The molecule has 0 spiro atoms. The summed E-state index contributed by atoms with van der Waals surface area (Å²) >= 11 is 0. The van der Waals surface area contributed by atoms with Gasteiger partial charge in [0.15, 0.2) is 0 Å². The molecule has 0 bridgehead atoms. The lowest BCUT2D eigenvalue weighted by molar-refractivity contribution is 0.257. The van der Waals surface area contributed by atoms with E-state index >= 15 is 0 Å². The average Bonchev–Trinajstić information content (AvgIpc) is 2.47. The second-order valence-electron chi connectivity index (χ2n) is 5.84. The van der Waals surface area contributed by atoms with Crippen molar-refractivity contribution < 1.29 is 12.8 Å². The Morgan fingerprint density at radius 1 is 1.33 bits per heavy atom. The van der Waals surface area contributed by atoms with Crippen LogP contribution >= 0.6 is 0 Å². The summed E-state index contributed by atoms with van der Waals surface area (Å²) in [6, 6.07) is 3.96. The topological polar surface area (TPSA) is 72.2 Å². The summed E-state index contributed by atoms with van der Waals surface area (Å²) in [6.07, 6.45) is 4.49. The second kappa shape index (κ2) is 6.85. The zero-order valence-corrected chi connectivity index (χ0v) is 13.1. The van der Waals surface area contributed by atoms with Crippen molar-refractivity contribution in [2.24, 2.45) is 17.6 Å². The first-order valence-electron chi connectivity index (χ1n) is 7.42. The highest BCUT2D eigenvalue weighted by Gasteiger charge is 2.25. The van der Waals surface area contributed by atoms with Crippen LogP contribution in [0.1, 0.15) is 38.2 Å². The van der Waals surface area contributed by atoms with E-state index in [4.69, 9.17) is 5.73 Å². The van der Waals surface area contributed by atoms with Crippen LogP contribution in [0.5, 0.6) is 0 Å². The van der Waals surface area contributed by atoms with Gasteiger partial charge < -0.3 is 5.73 Å². The van der Waals surface area contributed by atoms with Crippen LogP contribution in [0.25, 0.3) is 0 Å². The fourth-order valence-corrected chi connectivity index (χ4v) is 4.09. The molecule has 1 aromatic rings. The minimum atomic E-state index is -3.83. The van der Waals surface area contributed by atoms with E-state index < -0.39 is 15.8 Å². The maximum atomic E-state index is 13.8. The molecule has 4 nitrogen and oxygen atoms in total. The number of hydrogen-bond donors (Lipinski definition) is 2. The molecular weight excluding hydrogens is 291 g/mol. The van der Waals surface area contributed by atoms with Gasteiger partial charge in [0.05, 0.1) is 0 Å². The fourth-order valence-electron chi connectivity index (χ4n) is 2.87. The van der Waals surface area contributed by atoms with Crippen molar-refractivity contribution in [1.82, 2.24) is 4.72 Å². The van der Waals surface area contributed by atoms with Gasteiger partial charge in [-0.1, -0.05) is 32.3 Å². The van der Waals surface area contributed by atoms with Gasteiger partial charge in [-0.05, 0) is 36.0 Å². The molecule has 0 amide bonds. The summed E-state index contributed by atoms with van der Waals surface area (Å²) in [5.74, 6) is 0.0901. The Kier molecular flexibility index (Phi) is 5.35. The SMILES string of the molecule is CC1CCCCC1CNS(=O)(=O)c1cc(CN)ccc1F. The molecule has 0 aromatic heterocycles. The lowest BCUT2D eigenvalue weighted by Gasteiger charge is -2.28. The fraction of sp³-hybridized carbons (Fsp3) is 0.600. The molecule has 3 N–H and O–H groups in total. The summed E-state index contributed by atoms with van der Waals surface area (Å²) in [6.45, 7) is 2.70. The number of nitrogens with one attached hydrogen (secondary N) is 1. The van der Waals surface area contributed by atoms with Crippen molar-refractivity contribution in [2.45, 2.75) is 44.0 Å². The Morgan fingerprint density at radius 3 is 2.71 bits per heavy atom. The normalized spacial score (nSPS) is 23.2. The monoisotopic (exact) mass is 314 g/mol. The van der Waals surface area contributed by atoms with Gasteiger partial charge in [0, 0.05) is 13.1 Å². The predicted octanol–water partition coefficient (Wildman–Crippen LogP) is 2.39. The van der Waals surface area contributed by atoms with Crippen molar-refractivity contribution in [3.8, 4) is 0 Å². The van der Waals surface area contributed by atoms with E-state index in [1.54, 1.807) is 0 Å². The first-order chi connectivity index (χ1) is 9.94. The molecule has 0 heterocycles. The molecular formula is C15H23FN2O2S. The number of rotatable bonds is 5. The largest absolute Gasteiger partial charge is 0.326 e. The molecule has 1 aromatic carbocycles. The molecule has 2 unspecified atom stereocenters. The van der Waals surface area contributed by atoms with Gasteiger partial charge in [-0.15, -0.1) is 0 Å². The van der Waals surface area contributed by atoms with Crippen molar-refractivity contribution in [1.29, 1.82) is 0 Å². The predicted molar refractivity (Wildman–Crippen MR) is 80.6 cm³/mol. The molecule has 2 rings (SSSR count). The van der Waals surface area contributed by atoms with Crippen LogP contribution in [0, 0.1) is 17.7 Å². The number of benzene rings is 1. The van der Waals surface area contributed by atoms with Crippen LogP contribution < -0.4 is 10.5 Å². The Bertz CT molecular complexity index is 589. The number of sulfonamides is 1. The molecule has 1 aliphatic carbocycles. The van der Waals surface area contributed by atoms with Crippen LogP contribution in [0.2, 0.25) is 0 Å². The summed E-state index contributed by atoms with van der Waals surface area (Å²) in [5.41, 5.74) is 6.08. The molecule has 2 atom stereocenters. The van der Waals surface area contributed by atoms with Crippen LogP contribution in [0.15, 0.2) is 23.1 Å². The molecule has 1 saturated carbocycles. The van der Waals surface area contributed by atoms with Gasteiger partial charge in [-0.3, -0.25) is 0 Å². The summed E-state index contributed by atoms with van der Waals surface area (Å²) in [7, 11) is -3.83. The zero-order chi connectivity index (χ0) is 15.5. The van der Waals surface area contributed by atoms with Crippen LogP contribution in [0.4, 0.5) is 4.39 Å². The minimum absolute atomic E-state index is 0.183. The summed E-state index contributed by atoms with van der Waals surface area (Å²) < 4.78 is 40.9. The second-order valence-corrected chi connectivity index (χ2v) is 7.58. The van der Waals surface area contributed by atoms with Gasteiger partial charge in [0.1, 0.15) is 10.7 Å². The first kappa shape index (κ1) is 16.4. The van der Waals surface area contributed by atoms with Crippen LogP contribution in [0.3, 0.4) is 0 Å². The van der Waals surface area contributed by atoms with Crippen molar-refractivity contribution in [3.05, 3.63) is 29.6 Å². The van der Waals surface area contributed by atoms with Crippen molar-refractivity contribution in [2.75, 3.05) is 6.54 Å². The van der Waals surface area contributed by atoms with Crippen LogP contribution in [-0.2, 0) is 16.6 Å². The van der Waals surface area contributed by atoms with Gasteiger partial charge in [0.25, 0.3) is 0 Å². The molecule has 6 heteroatoms. The maximum Gasteiger partial charge on any atom is 0.243 e. The van der Waals surface area contributed by atoms with Crippen molar-refractivity contribution in [3.63, 3.8) is 0 Å². The third-order valence-corrected chi connectivity index (χ3v) is 5.78. The van der Waals surface area contributed by atoms with E-state index in [0.717, 1.165) is 25.3 Å². The lowest BCUT2D eigenvalue weighted by Crippen LogP contribution is -2.33. The van der Waals surface area contributed by atoms with E-state index in [-0.39, 0.29) is 11.4 Å². The van der Waals surface area contributed by atoms with E-state index in [1.165, 1.54) is 18.6 Å². The quantitative estimate of drug-likeness (QED) is 0.876. The van der Waals surface area contributed by atoms with Gasteiger partial charge >= 0.3 is 0 Å². The van der Waals surface area contributed by atoms with Crippen molar-refractivity contribution >= 4 is 10.0 Å². The smallest absolute Gasteiger partial charge is 0.243 e. The third kappa shape index (κ3) is 4.02. The zero-order valence-electron chi connectivity index (χ0n) is 12.3. The average molecular weight is 314 g/mol. The van der Waals surface area contributed by atoms with E-state index in [0.29, 0.717) is 23.9 Å². The standard InChI is InChI=1S/C15H23FN2O2S/c1-11-4-2-3-5-13(11)10-18-21(19,20)15-8-12(9-17)6-7-14(15)16/h6-8,11,13,18H,2-5,9-10,17H2,1H3. The molecule has 0 radical (unpaired) electrons. The van der Waals surface area contributed by atoms with Gasteiger partial charge in [0.2, 0.25) is 10.0 Å². The Morgan fingerprint density at radius 2 is 2.05 bits per heavy atom. The van der Waals surface area contributed by atoms with Gasteiger partial charge in [-0.2, -0.15) is 0 Å². The van der Waals surface area contributed by atoms with E-state index in [9.17, 15) is 12.8 Å². The molecule has 21 heavy (non-hydrogen) atoms. The van der Waals surface area contributed by atoms with E-state index in [1.807, 2.05) is 0 Å². The number of halogens is 1.